The van der Waals surface area contributed by atoms with Gasteiger partial charge < -0.3 is 30.3 Å². The number of likely N-dealkylation sites (N-methyl/N-ethyl adjacent to an activating group) is 2. The van der Waals surface area contributed by atoms with E-state index in [0.29, 0.717) is 13.0 Å². The molecule has 2 unspecified atom stereocenters. The number of rotatable bonds is 25. The van der Waals surface area contributed by atoms with Crippen LogP contribution in [0.15, 0.2) is 37.0 Å². The van der Waals surface area contributed by atoms with Crippen LogP contribution in [0.2, 0.25) is 0 Å². The van der Waals surface area contributed by atoms with Crippen LogP contribution in [0.1, 0.15) is 115 Å². The molecule has 59 heavy (non-hydrogen) atoms. The molecule has 3 N–H and O–H groups in total. The Bertz CT molecular complexity index is 1290. The lowest BCUT2D eigenvalue weighted by atomic mass is 9.86. The van der Waals surface area contributed by atoms with Crippen LogP contribution in [0.25, 0.3) is 0 Å². The molecular formula is C46H85N5O7S. The molecule has 0 bridgehead atoms. The number of methoxy groups -OCH3 is 1. The van der Waals surface area contributed by atoms with E-state index in [1.54, 1.807) is 30.8 Å². The lowest BCUT2D eigenvalue weighted by Crippen LogP contribution is -2.60. The second-order valence-electron chi connectivity index (χ2n) is 16.4. The Kier molecular flexibility index (Phi) is 31.1. The van der Waals surface area contributed by atoms with E-state index in [9.17, 15) is 19.2 Å². The Morgan fingerprint density at radius 1 is 0.966 bits per heavy atom. The average molecular weight is 852 g/mol. The Labute approximate surface area is 363 Å². The number of thioether (sulfide) groups is 1. The third-order valence-corrected chi connectivity index (χ3v) is 12.1. The van der Waals surface area contributed by atoms with E-state index in [0.717, 1.165) is 43.6 Å². The molecule has 1 rings (SSSR count). The minimum atomic E-state index is -0.733. The Morgan fingerprint density at radius 3 is 2.03 bits per heavy atom. The number of allylic oxidation sites excluding steroid dienone is 3. The second kappa shape index (κ2) is 31.7. The summed E-state index contributed by atoms with van der Waals surface area (Å²) in [4.78, 5) is 69.8. The van der Waals surface area contributed by atoms with Crippen LogP contribution in [-0.2, 0) is 28.7 Å². The van der Waals surface area contributed by atoms with E-state index >= 15 is 0 Å². The van der Waals surface area contributed by atoms with E-state index in [1.165, 1.54) is 0 Å². The minimum Gasteiger partial charge on any atom is -0.483 e. The highest BCUT2D eigenvalue weighted by Crippen LogP contribution is 2.31. The monoisotopic (exact) mass is 852 g/mol. The molecule has 0 aliphatic carbocycles. The number of hydrogen-bond acceptors (Lipinski definition) is 8. The molecule has 1 aliphatic rings. The summed E-state index contributed by atoms with van der Waals surface area (Å²) in [5.41, 5.74) is 1.07. The molecule has 342 valence electrons. The van der Waals surface area contributed by atoms with Crippen molar-refractivity contribution >= 4 is 41.9 Å². The Balaban J connectivity index is 0. The second-order valence-corrected chi connectivity index (χ2v) is 17.4. The van der Waals surface area contributed by atoms with Gasteiger partial charge in [-0.05, 0) is 69.6 Å². The van der Waals surface area contributed by atoms with Crippen molar-refractivity contribution in [2.75, 3.05) is 46.3 Å². The minimum absolute atomic E-state index is 0.0218. The fraction of sp³-hybridized carbons (Fsp3) is 0.761. The van der Waals surface area contributed by atoms with Crippen LogP contribution < -0.4 is 10.6 Å². The maximum atomic E-state index is 14.4. The van der Waals surface area contributed by atoms with Gasteiger partial charge in [0.1, 0.15) is 6.04 Å². The summed E-state index contributed by atoms with van der Waals surface area (Å²) >= 11 is 1.74. The highest BCUT2D eigenvalue weighted by Gasteiger charge is 2.42. The van der Waals surface area contributed by atoms with E-state index in [4.69, 9.17) is 14.6 Å². The zero-order valence-electron chi connectivity index (χ0n) is 39.6. The number of carbonyl (C=O) groups is 5. The zero-order valence-corrected chi connectivity index (χ0v) is 40.4. The molecule has 0 aromatic heterocycles. The molecule has 0 saturated carbocycles. The molecule has 1 fully saturated rings. The van der Waals surface area contributed by atoms with Crippen molar-refractivity contribution in [2.24, 2.45) is 29.6 Å². The van der Waals surface area contributed by atoms with Crippen LogP contribution in [-0.4, -0.2) is 133 Å². The first-order valence-electron chi connectivity index (χ1n) is 21.7. The van der Waals surface area contributed by atoms with Crippen molar-refractivity contribution in [2.45, 2.75) is 151 Å². The lowest BCUT2D eigenvalue weighted by molar-refractivity contribution is -0.147. The first-order chi connectivity index (χ1) is 27.8. The summed E-state index contributed by atoms with van der Waals surface area (Å²) in [6.45, 7) is 31.0. The topological polar surface area (TPSA) is 149 Å². The van der Waals surface area contributed by atoms with Gasteiger partial charge in [-0.25, -0.2) is 0 Å². The van der Waals surface area contributed by atoms with Crippen molar-refractivity contribution in [1.82, 2.24) is 25.3 Å². The summed E-state index contributed by atoms with van der Waals surface area (Å²) in [5.74, 6) is 0.0933. The molecule has 1 aliphatic heterocycles. The number of nitrogens with zero attached hydrogens (tertiary/aromatic N) is 3. The van der Waals surface area contributed by atoms with Gasteiger partial charge in [0.2, 0.25) is 23.6 Å². The normalized spacial score (nSPS) is 18.1. The lowest BCUT2D eigenvalue weighted by Gasteiger charge is -2.41. The number of hydrogen-bond donors (Lipinski definition) is 3. The van der Waals surface area contributed by atoms with Crippen molar-refractivity contribution in [3.63, 3.8) is 0 Å². The largest absolute Gasteiger partial charge is 0.483 e. The summed E-state index contributed by atoms with van der Waals surface area (Å²) in [7, 11) is 5.34. The number of likely N-dealkylation sites (tertiary alicyclic amines) is 1. The fourth-order valence-corrected chi connectivity index (χ4v) is 8.33. The van der Waals surface area contributed by atoms with Gasteiger partial charge in [0.05, 0.1) is 24.6 Å². The number of amides is 4. The van der Waals surface area contributed by atoms with E-state index in [1.807, 2.05) is 79.5 Å². The van der Waals surface area contributed by atoms with Crippen LogP contribution in [0.3, 0.4) is 0 Å². The number of nitrogens with one attached hydrogen (secondary N) is 2. The molecule has 12 nitrogen and oxygen atoms in total. The van der Waals surface area contributed by atoms with Crippen molar-refractivity contribution in [3.05, 3.63) is 37.0 Å². The van der Waals surface area contributed by atoms with Crippen molar-refractivity contribution in [1.29, 1.82) is 0 Å². The maximum Gasteiger partial charge on any atom is 0.290 e. The van der Waals surface area contributed by atoms with Gasteiger partial charge in [-0.3, -0.25) is 28.9 Å². The van der Waals surface area contributed by atoms with Gasteiger partial charge in [0, 0.05) is 51.0 Å². The Morgan fingerprint density at radius 2 is 1.56 bits per heavy atom. The predicted molar refractivity (Wildman–Crippen MR) is 246 cm³/mol. The van der Waals surface area contributed by atoms with Crippen LogP contribution in [0.5, 0.6) is 0 Å². The third kappa shape index (κ3) is 19.4. The van der Waals surface area contributed by atoms with Gasteiger partial charge in [0.25, 0.3) is 6.47 Å². The van der Waals surface area contributed by atoms with Crippen LogP contribution >= 0.6 is 11.8 Å². The maximum absolute atomic E-state index is 14.4. The molecule has 0 spiro atoms. The van der Waals surface area contributed by atoms with Crippen LogP contribution in [0.4, 0.5) is 0 Å². The standard InChI is InChI=1S/C43H77N5O5S.C2H6.CH2O2/c1-16-19-21-34(18-3)26-31(9)44-41(50)33(11)32(10)35-22-20-23-48(35)37(49)27-36(53-14)40(30(8)17-2)47(13)43(52)38(28(4)5)45-42(51)39(29(6)7)46(12)24-25-54-15;1-2;2-1-3/h16,18,21,28-33,35-36,38-40H,1,3,17,19-20,22-27H2,2,4-15H3,(H,44,50)(H,45,51);1-2H3;1H,(H,2,3)/b34-21+;;/t30-,31?,32+,33+,35-,36+,38-,39?,40-;;/m0../s1. The van der Waals surface area contributed by atoms with Gasteiger partial charge in [-0.1, -0.05) is 106 Å². The number of carboxylic acid groups (broad SMARTS) is 1. The Hall–Kier alpha value is -3.16. The molecule has 13 heteroatoms. The summed E-state index contributed by atoms with van der Waals surface area (Å²) in [6.07, 6.45) is 11.2. The van der Waals surface area contributed by atoms with Crippen LogP contribution in [0, 0.1) is 29.6 Å². The summed E-state index contributed by atoms with van der Waals surface area (Å²) in [5, 5.41) is 13.2. The molecule has 0 aromatic rings. The number of ether oxygens (including phenoxy) is 1. The van der Waals surface area contributed by atoms with E-state index in [-0.39, 0.29) is 84.2 Å². The summed E-state index contributed by atoms with van der Waals surface area (Å²) < 4.78 is 6.07. The van der Waals surface area contributed by atoms with Gasteiger partial charge in [-0.15, -0.1) is 6.58 Å². The molecule has 1 saturated heterocycles. The highest BCUT2D eigenvalue weighted by atomic mass is 32.2. The SMILES string of the molecule is C=CC/C=C(\C=C)CC(C)NC(=O)[C@H](C)[C@@H](C)[C@@H]1CCCN1C(=O)C[C@@H](OC)[C@H]([C@@H](C)CC)N(C)C(=O)[C@@H](NC(=O)C(C(C)C)N(C)CCSC)C(C)C.CC.O=CO. The first-order valence-corrected chi connectivity index (χ1v) is 23.1. The average Bonchev–Trinajstić information content (AvgIpc) is 3.70. The fourth-order valence-electron chi connectivity index (χ4n) is 7.86. The van der Waals surface area contributed by atoms with Gasteiger partial charge >= 0.3 is 0 Å². The quantitative estimate of drug-likeness (QED) is 0.0489. The highest BCUT2D eigenvalue weighted by molar-refractivity contribution is 7.98. The van der Waals surface area contributed by atoms with Crippen molar-refractivity contribution in [3.8, 4) is 0 Å². The summed E-state index contributed by atoms with van der Waals surface area (Å²) in [6, 6.07) is -1.64. The zero-order chi connectivity index (χ0) is 46.0. The first kappa shape index (κ1) is 57.9. The predicted octanol–water partition coefficient (Wildman–Crippen LogP) is 7.30. The van der Waals surface area contributed by atoms with Gasteiger partial charge in [0.15, 0.2) is 0 Å². The van der Waals surface area contributed by atoms with Gasteiger partial charge in [-0.2, -0.15) is 11.8 Å². The molecule has 9 atom stereocenters. The van der Waals surface area contributed by atoms with Crippen molar-refractivity contribution < 1.29 is 33.8 Å². The molecule has 0 radical (unpaired) electrons. The molecule has 0 aromatic carbocycles. The van der Waals surface area contributed by atoms with E-state index < -0.39 is 18.2 Å². The smallest absolute Gasteiger partial charge is 0.290 e. The number of carbonyl (C=O) groups excluding carboxylic acids is 4. The third-order valence-electron chi connectivity index (χ3n) is 11.5. The molecular weight excluding hydrogens is 767 g/mol. The van der Waals surface area contributed by atoms with E-state index in [2.05, 4.69) is 61.8 Å². The molecule has 4 amide bonds. The molecule has 1 heterocycles.